The summed E-state index contributed by atoms with van der Waals surface area (Å²) in [5.74, 6) is -0.971. The predicted molar refractivity (Wildman–Crippen MR) is 98.7 cm³/mol. The van der Waals surface area contributed by atoms with Crippen molar-refractivity contribution in [3.8, 4) is 0 Å². The van der Waals surface area contributed by atoms with Crippen LogP contribution in [0.3, 0.4) is 0 Å². The molecule has 0 aliphatic rings. The topological polar surface area (TPSA) is 84.9 Å². The van der Waals surface area contributed by atoms with Crippen LogP contribution in [0.5, 0.6) is 0 Å². The third kappa shape index (κ3) is 14.5. The maximum Gasteiger partial charge on any atom is 0.408 e. The van der Waals surface area contributed by atoms with Crippen molar-refractivity contribution in [1.29, 1.82) is 0 Å². The molecule has 0 aliphatic carbocycles. The van der Waals surface area contributed by atoms with Gasteiger partial charge < -0.3 is 19.9 Å². The lowest BCUT2D eigenvalue weighted by molar-refractivity contribution is -0.131. The second kappa shape index (κ2) is 9.80. The van der Waals surface area contributed by atoms with Gasteiger partial charge in [-0.25, -0.2) is 9.59 Å². The van der Waals surface area contributed by atoms with E-state index in [1.807, 2.05) is 48.5 Å². The minimum absolute atomic E-state index is 0.283. The van der Waals surface area contributed by atoms with Gasteiger partial charge in [-0.3, -0.25) is 0 Å². The summed E-state index contributed by atoms with van der Waals surface area (Å²) >= 11 is 0. The second-order valence-corrected chi connectivity index (χ2v) is 8.53. The summed E-state index contributed by atoms with van der Waals surface area (Å²) < 4.78 is 11.0. The predicted octanol–water partition coefficient (Wildman–Crippen LogP) is 4.29. The first-order valence-electron chi connectivity index (χ1n) is 8.77. The Bertz CT molecular complexity index is 461. The molecule has 0 radical (unpaired) electrons. The van der Waals surface area contributed by atoms with Gasteiger partial charge in [0.2, 0.25) is 0 Å². The Balaban J connectivity index is 4.11. The van der Waals surface area contributed by atoms with Gasteiger partial charge in [0.1, 0.15) is 5.60 Å². The molecule has 0 unspecified atom stereocenters. The second-order valence-electron chi connectivity index (χ2n) is 8.53. The molecule has 0 saturated heterocycles. The van der Waals surface area contributed by atoms with Crippen molar-refractivity contribution in [2.24, 2.45) is 0 Å². The molecule has 0 aliphatic heterocycles. The molecule has 2 N–H and O–H groups in total. The smallest absolute Gasteiger partial charge is 0.408 e. The first-order chi connectivity index (χ1) is 11.2. The van der Waals surface area contributed by atoms with Crippen molar-refractivity contribution in [3.63, 3.8) is 0 Å². The highest BCUT2D eigenvalue weighted by Crippen LogP contribution is 2.21. The van der Waals surface area contributed by atoms with Gasteiger partial charge in [0.25, 0.3) is 0 Å². The van der Waals surface area contributed by atoms with Crippen LogP contribution < -0.4 is 5.32 Å². The van der Waals surface area contributed by atoms with Gasteiger partial charge in [-0.1, -0.05) is 18.9 Å². The average Bonchev–Trinajstić information content (AvgIpc) is 2.37. The summed E-state index contributed by atoms with van der Waals surface area (Å²) in [6, 6.07) is 0. The van der Waals surface area contributed by atoms with Crippen molar-refractivity contribution in [2.75, 3.05) is 6.61 Å². The van der Waals surface area contributed by atoms with E-state index in [-0.39, 0.29) is 17.7 Å². The molecule has 6 nitrogen and oxygen atoms in total. The zero-order valence-corrected chi connectivity index (χ0v) is 16.8. The van der Waals surface area contributed by atoms with Crippen molar-refractivity contribution in [3.05, 3.63) is 12.2 Å². The van der Waals surface area contributed by atoms with Gasteiger partial charge >= 0.3 is 12.1 Å². The highest BCUT2D eigenvalue weighted by Gasteiger charge is 2.25. The monoisotopic (exact) mass is 357 g/mol. The van der Waals surface area contributed by atoms with Crippen LogP contribution in [-0.4, -0.2) is 40.5 Å². The number of alkyl carbamates (subject to hydrolysis) is 1. The van der Waals surface area contributed by atoms with Crippen molar-refractivity contribution >= 4 is 12.1 Å². The fraction of sp³-hybridized carbons (Fsp3) is 0.789. The average molecular weight is 357 g/mol. The van der Waals surface area contributed by atoms with Crippen LogP contribution in [0.1, 0.15) is 74.1 Å². The third-order valence-corrected chi connectivity index (χ3v) is 3.50. The lowest BCUT2D eigenvalue weighted by atomic mass is 9.94. The number of unbranched alkanes of at least 4 members (excludes halogenated alkanes) is 1. The number of rotatable bonds is 10. The van der Waals surface area contributed by atoms with E-state index in [0.29, 0.717) is 0 Å². The number of hydrogen-bond acceptors (Lipinski definition) is 4. The standard InChI is InChI=1S/C19H35NO5/c1-17(2,3)25-16(23)20-18(4,5)12-8-9-13-19(6,7)24-14-10-11-15(21)22/h10-11H,8-9,12-14H2,1-7H3,(H,20,23)(H,21,22)/b11-10+. The van der Waals surface area contributed by atoms with E-state index in [0.717, 1.165) is 31.8 Å². The van der Waals surface area contributed by atoms with Crippen LogP contribution in [0, 0.1) is 0 Å². The Morgan fingerprint density at radius 1 is 1.00 bits per heavy atom. The molecule has 1 amide bonds. The zero-order chi connectivity index (χ0) is 19.7. The molecule has 0 saturated carbocycles. The van der Waals surface area contributed by atoms with Gasteiger partial charge in [0, 0.05) is 11.6 Å². The molecule has 0 rings (SSSR count). The van der Waals surface area contributed by atoms with Crippen LogP contribution >= 0.6 is 0 Å². The van der Waals surface area contributed by atoms with Crippen LogP contribution in [0.15, 0.2) is 12.2 Å². The van der Waals surface area contributed by atoms with Gasteiger partial charge in [-0.15, -0.1) is 0 Å². The molecular weight excluding hydrogens is 322 g/mol. The number of aliphatic carboxylic acids is 1. The van der Waals surface area contributed by atoms with E-state index in [2.05, 4.69) is 5.32 Å². The maximum atomic E-state index is 11.9. The Kier molecular flexibility index (Phi) is 9.19. The maximum absolute atomic E-state index is 11.9. The van der Waals surface area contributed by atoms with Gasteiger partial charge in [-0.05, 0) is 61.3 Å². The number of carboxylic acids is 1. The summed E-state index contributed by atoms with van der Waals surface area (Å²) in [5.41, 5.74) is -1.15. The number of amides is 1. The molecule has 0 heterocycles. The molecule has 0 aromatic carbocycles. The zero-order valence-electron chi connectivity index (χ0n) is 16.8. The number of hydrogen-bond donors (Lipinski definition) is 2. The van der Waals surface area contributed by atoms with E-state index in [4.69, 9.17) is 14.6 Å². The molecule has 25 heavy (non-hydrogen) atoms. The number of carbonyl (C=O) groups is 2. The number of ether oxygens (including phenoxy) is 2. The molecule has 6 heteroatoms. The quantitative estimate of drug-likeness (QED) is 0.450. The first kappa shape index (κ1) is 23.4. The Hall–Kier alpha value is -1.56. The largest absolute Gasteiger partial charge is 0.478 e. The highest BCUT2D eigenvalue weighted by molar-refractivity contribution is 5.79. The highest BCUT2D eigenvalue weighted by atomic mass is 16.6. The molecule has 0 aromatic heterocycles. The van der Waals surface area contributed by atoms with Crippen molar-refractivity contribution < 1.29 is 24.2 Å². The summed E-state index contributed by atoms with van der Waals surface area (Å²) in [7, 11) is 0. The summed E-state index contributed by atoms with van der Waals surface area (Å²) in [5, 5.41) is 11.4. The third-order valence-electron chi connectivity index (χ3n) is 3.50. The molecule has 0 bridgehead atoms. The normalized spacial score (nSPS) is 13.1. The lowest BCUT2D eigenvalue weighted by Crippen LogP contribution is -2.45. The van der Waals surface area contributed by atoms with E-state index in [1.165, 1.54) is 6.08 Å². The molecule has 0 fully saturated rings. The van der Waals surface area contributed by atoms with E-state index in [9.17, 15) is 9.59 Å². The van der Waals surface area contributed by atoms with Gasteiger partial charge in [-0.2, -0.15) is 0 Å². The Morgan fingerprint density at radius 2 is 1.56 bits per heavy atom. The fourth-order valence-corrected chi connectivity index (χ4v) is 2.25. The molecular formula is C19H35NO5. The van der Waals surface area contributed by atoms with Crippen LogP contribution in [0.2, 0.25) is 0 Å². The molecule has 0 atom stereocenters. The van der Waals surface area contributed by atoms with E-state index >= 15 is 0 Å². The number of nitrogens with one attached hydrogen (secondary N) is 1. The lowest BCUT2D eigenvalue weighted by Gasteiger charge is -2.29. The van der Waals surface area contributed by atoms with Crippen LogP contribution in [0.4, 0.5) is 4.79 Å². The van der Waals surface area contributed by atoms with Crippen molar-refractivity contribution in [1.82, 2.24) is 5.32 Å². The minimum Gasteiger partial charge on any atom is -0.478 e. The fourth-order valence-electron chi connectivity index (χ4n) is 2.25. The van der Waals surface area contributed by atoms with Crippen molar-refractivity contribution in [2.45, 2.75) is 90.9 Å². The Labute approximate surface area is 152 Å². The van der Waals surface area contributed by atoms with Gasteiger partial charge in [0.15, 0.2) is 0 Å². The molecule has 146 valence electrons. The SMILES string of the molecule is CC(C)(CCCCC(C)(C)OC/C=C/C(=O)O)NC(=O)OC(C)(C)C. The number of carbonyl (C=O) groups excluding carboxylic acids is 1. The molecule has 0 spiro atoms. The Morgan fingerprint density at radius 3 is 2.08 bits per heavy atom. The minimum atomic E-state index is -0.971. The first-order valence-corrected chi connectivity index (χ1v) is 8.77. The molecule has 0 aromatic rings. The summed E-state index contributed by atoms with van der Waals surface area (Å²) in [6.07, 6.45) is 5.78. The summed E-state index contributed by atoms with van der Waals surface area (Å²) in [4.78, 5) is 22.3. The summed E-state index contributed by atoms with van der Waals surface area (Å²) in [6.45, 7) is 13.8. The number of carboxylic acid groups (broad SMARTS) is 1. The van der Waals surface area contributed by atoms with E-state index < -0.39 is 17.7 Å². The van der Waals surface area contributed by atoms with Crippen LogP contribution in [-0.2, 0) is 14.3 Å². The van der Waals surface area contributed by atoms with E-state index in [1.54, 1.807) is 0 Å². The van der Waals surface area contributed by atoms with Crippen LogP contribution in [0.25, 0.3) is 0 Å². The van der Waals surface area contributed by atoms with Gasteiger partial charge in [0.05, 0.1) is 12.2 Å².